The lowest BCUT2D eigenvalue weighted by molar-refractivity contribution is -0.122. The Kier molecular flexibility index (Phi) is 4.20. The van der Waals surface area contributed by atoms with E-state index < -0.39 is 5.92 Å². The number of carbonyl (C=O) groups excluding carboxylic acids is 2. The molecule has 1 aliphatic heterocycles. The van der Waals surface area contributed by atoms with Crippen LogP contribution in [0.1, 0.15) is 6.42 Å². The van der Waals surface area contributed by atoms with E-state index in [1.54, 1.807) is 24.4 Å². The molecule has 1 fully saturated rings. The summed E-state index contributed by atoms with van der Waals surface area (Å²) >= 11 is 6.01. The van der Waals surface area contributed by atoms with Gasteiger partial charge in [0.05, 0.1) is 30.6 Å². The second-order valence-electron chi connectivity index (χ2n) is 5.20. The van der Waals surface area contributed by atoms with Crippen molar-refractivity contribution >= 4 is 34.8 Å². The summed E-state index contributed by atoms with van der Waals surface area (Å²) in [5, 5.41) is 9.61. The second kappa shape index (κ2) is 6.29. The van der Waals surface area contributed by atoms with Gasteiger partial charge in [0, 0.05) is 24.2 Å². The lowest BCUT2D eigenvalue weighted by Crippen LogP contribution is -2.28. The van der Waals surface area contributed by atoms with Gasteiger partial charge in [0.2, 0.25) is 11.8 Å². The number of nitrogens with zero attached hydrogens (tertiary/aromatic N) is 2. The quantitative estimate of drug-likeness (QED) is 0.896. The van der Waals surface area contributed by atoms with Crippen LogP contribution in [-0.2, 0) is 9.59 Å². The number of aromatic nitrogens is 2. The first-order valence-electron chi connectivity index (χ1n) is 7.02. The third-order valence-electron chi connectivity index (χ3n) is 3.69. The molecule has 2 aromatic rings. The maximum absolute atomic E-state index is 12.3. The van der Waals surface area contributed by atoms with Gasteiger partial charge in [0.15, 0.2) is 0 Å². The summed E-state index contributed by atoms with van der Waals surface area (Å²) in [4.78, 5) is 26.1. The summed E-state index contributed by atoms with van der Waals surface area (Å²) in [5.41, 5.74) is 1.14. The van der Waals surface area contributed by atoms with Gasteiger partial charge in [-0.05, 0) is 18.2 Å². The van der Waals surface area contributed by atoms with E-state index in [9.17, 15) is 9.59 Å². The minimum atomic E-state index is -0.443. The number of carbonyl (C=O) groups is 2. The summed E-state index contributed by atoms with van der Waals surface area (Å²) in [5.74, 6) is -0.263. The maximum atomic E-state index is 12.3. The van der Waals surface area contributed by atoms with Gasteiger partial charge in [0.25, 0.3) is 0 Å². The molecule has 2 N–H and O–H groups in total. The molecule has 3 rings (SSSR count). The molecular formula is C15H15ClN4O3. The van der Waals surface area contributed by atoms with E-state index in [0.717, 1.165) is 0 Å². The molecule has 1 atom stereocenters. The number of halogens is 1. The second-order valence-corrected chi connectivity index (χ2v) is 5.63. The van der Waals surface area contributed by atoms with Crippen LogP contribution in [0.4, 0.5) is 11.4 Å². The monoisotopic (exact) mass is 334 g/mol. The molecule has 2 heterocycles. The van der Waals surface area contributed by atoms with Crippen LogP contribution >= 0.6 is 11.6 Å². The molecule has 23 heavy (non-hydrogen) atoms. The normalized spacial score (nSPS) is 17.4. The number of hydrogen-bond donors (Lipinski definition) is 2. The van der Waals surface area contributed by atoms with Crippen LogP contribution in [-0.4, -0.2) is 35.7 Å². The van der Waals surface area contributed by atoms with Crippen molar-refractivity contribution in [3.05, 3.63) is 35.6 Å². The number of methoxy groups -OCH3 is 1. The Hall–Kier alpha value is -2.54. The van der Waals surface area contributed by atoms with Crippen molar-refractivity contribution in [1.82, 2.24) is 10.2 Å². The first-order chi connectivity index (χ1) is 11.1. The van der Waals surface area contributed by atoms with Gasteiger partial charge in [-0.1, -0.05) is 11.6 Å². The standard InChI is InChI=1S/C15H15ClN4O3/c1-23-13-3-2-10(16)5-12(13)20-8-9(4-14(20)21)15(22)19-11-6-17-18-7-11/h2-3,5-7,9H,4,8H2,1H3,(H,17,18)(H,19,22). The molecule has 0 radical (unpaired) electrons. The number of nitrogens with one attached hydrogen (secondary N) is 2. The van der Waals surface area contributed by atoms with Gasteiger partial charge in [-0.15, -0.1) is 0 Å². The van der Waals surface area contributed by atoms with Crippen LogP contribution in [0.2, 0.25) is 5.02 Å². The summed E-state index contributed by atoms with van der Waals surface area (Å²) in [7, 11) is 1.52. The molecule has 120 valence electrons. The molecule has 8 heteroatoms. The van der Waals surface area contributed by atoms with Crippen LogP contribution in [0.5, 0.6) is 5.75 Å². The van der Waals surface area contributed by atoms with Gasteiger partial charge in [-0.25, -0.2) is 0 Å². The number of ether oxygens (including phenoxy) is 1. The van der Waals surface area contributed by atoms with E-state index in [1.165, 1.54) is 18.2 Å². The van der Waals surface area contributed by atoms with Crippen molar-refractivity contribution in [2.75, 3.05) is 23.9 Å². The zero-order chi connectivity index (χ0) is 16.4. The summed E-state index contributed by atoms with van der Waals surface area (Å²) in [6.45, 7) is 0.277. The minimum absolute atomic E-state index is 0.138. The fraction of sp³-hybridized carbons (Fsp3) is 0.267. The summed E-state index contributed by atoms with van der Waals surface area (Å²) < 4.78 is 5.28. The molecular weight excluding hydrogens is 320 g/mol. The molecule has 0 bridgehead atoms. The number of benzene rings is 1. The van der Waals surface area contributed by atoms with Gasteiger partial charge < -0.3 is 15.0 Å². The van der Waals surface area contributed by atoms with E-state index in [4.69, 9.17) is 16.3 Å². The topological polar surface area (TPSA) is 87.3 Å². The van der Waals surface area contributed by atoms with Crippen LogP contribution in [0.3, 0.4) is 0 Å². The van der Waals surface area contributed by atoms with Crippen molar-refractivity contribution in [1.29, 1.82) is 0 Å². The maximum Gasteiger partial charge on any atom is 0.229 e. The Morgan fingerprint density at radius 1 is 1.52 bits per heavy atom. The highest BCUT2D eigenvalue weighted by molar-refractivity contribution is 6.31. The van der Waals surface area contributed by atoms with Crippen molar-refractivity contribution in [2.45, 2.75) is 6.42 Å². The molecule has 0 saturated carbocycles. The smallest absolute Gasteiger partial charge is 0.229 e. The first kappa shape index (κ1) is 15.4. The van der Waals surface area contributed by atoms with Gasteiger partial charge >= 0.3 is 0 Å². The average Bonchev–Trinajstić information content (AvgIpc) is 3.16. The predicted octanol–water partition coefficient (Wildman–Crippen LogP) is 2.06. The fourth-order valence-electron chi connectivity index (χ4n) is 2.55. The first-order valence-corrected chi connectivity index (χ1v) is 7.40. The van der Waals surface area contributed by atoms with Crippen molar-refractivity contribution in [3.63, 3.8) is 0 Å². The number of rotatable bonds is 4. The van der Waals surface area contributed by atoms with E-state index in [-0.39, 0.29) is 24.8 Å². The summed E-state index contributed by atoms with van der Waals surface area (Å²) in [6, 6.07) is 5.05. The van der Waals surface area contributed by atoms with E-state index >= 15 is 0 Å². The van der Waals surface area contributed by atoms with E-state index in [0.29, 0.717) is 22.1 Å². The van der Waals surface area contributed by atoms with E-state index in [1.807, 2.05) is 0 Å². The fourth-order valence-corrected chi connectivity index (χ4v) is 2.72. The highest BCUT2D eigenvalue weighted by atomic mass is 35.5. The molecule has 0 aliphatic carbocycles. The zero-order valence-electron chi connectivity index (χ0n) is 12.4. The van der Waals surface area contributed by atoms with Crippen molar-refractivity contribution in [2.24, 2.45) is 5.92 Å². The minimum Gasteiger partial charge on any atom is -0.495 e. The Morgan fingerprint density at radius 3 is 3.04 bits per heavy atom. The highest BCUT2D eigenvalue weighted by Crippen LogP contribution is 2.35. The Labute approximate surface area is 137 Å². The summed E-state index contributed by atoms with van der Waals surface area (Å²) in [6.07, 6.45) is 3.22. The lowest BCUT2D eigenvalue weighted by atomic mass is 10.1. The van der Waals surface area contributed by atoms with Crippen molar-refractivity contribution in [3.8, 4) is 5.75 Å². The van der Waals surface area contributed by atoms with Crippen LogP contribution in [0, 0.1) is 5.92 Å². The molecule has 7 nitrogen and oxygen atoms in total. The molecule has 1 aliphatic rings. The Balaban J connectivity index is 1.77. The molecule has 2 amide bonds. The number of aromatic amines is 1. The van der Waals surface area contributed by atoms with Crippen LogP contribution in [0.25, 0.3) is 0 Å². The average molecular weight is 335 g/mol. The predicted molar refractivity (Wildman–Crippen MR) is 85.7 cm³/mol. The van der Waals surface area contributed by atoms with Gasteiger partial charge in [-0.2, -0.15) is 5.10 Å². The van der Waals surface area contributed by atoms with E-state index in [2.05, 4.69) is 15.5 Å². The van der Waals surface area contributed by atoms with Crippen LogP contribution < -0.4 is 15.0 Å². The number of amides is 2. The number of hydrogen-bond acceptors (Lipinski definition) is 4. The Morgan fingerprint density at radius 2 is 2.35 bits per heavy atom. The third kappa shape index (κ3) is 3.14. The molecule has 1 saturated heterocycles. The lowest BCUT2D eigenvalue weighted by Gasteiger charge is -2.19. The molecule has 1 unspecified atom stereocenters. The van der Waals surface area contributed by atoms with Crippen LogP contribution in [0.15, 0.2) is 30.6 Å². The Bertz CT molecular complexity index is 732. The van der Waals surface area contributed by atoms with Gasteiger partial charge in [-0.3, -0.25) is 14.7 Å². The SMILES string of the molecule is COc1ccc(Cl)cc1N1CC(C(=O)Nc2cn[nH]c2)CC1=O. The third-order valence-corrected chi connectivity index (χ3v) is 3.93. The number of anilines is 2. The highest BCUT2D eigenvalue weighted by Gasteiger charge is 2.36. The molecule has 1 aromatic heterocycles. The largest absolute Gasteiger partial charge is 0.495 e. The number of H-pyrrole nitrogens is 1. The van der Waals surface area contributed by atoms with Crippen molar-refractivity contribution < 1.29 is 14.3 Å². The zero-order valence-corrected chi connectivity index (χ0v) is 13.1. The molecule has 1 aromatic carbocycles. The van der Waals surface area contributed by atoms with Gasteiger partial charge in [0.1, 0.15) is 5.75 Å². The molecule has 0 spiro atoms.